The summed E-state index contributed by atoms with van der Waals surface area (Å²) in [5.74, 6) is -2.93. The Labute approximate surface area is 132 Å². The van der Waals surface area contributed by atoms with Gasteiger partial charge in [0.05, 0.1) is 22.2 Å². The van der Waals surface area contributed by atoms with Gasteiger partial charge in [-0.15, -0.1) is 0 Å². The minimum Gasteiger partial charge on any atom is -0.549 e. The van der Waals surface area contributed by atoms with Crippen molar-refractivity contribution in [2.45, 2.75) is 16.2 Å². The molecule has 4 rings (SSSR count). The van der Waals surface area contributed by atoms with Crippen LogP contribution in [0.3, 0.4) is 0 Å². The summed E-state index contributed by atoms with van der Waals surface area (Å²) in [6, 6.07) is 6.98. The topological polar surface area (TPSA) is 99.3 Å². The number of rotatable bonds is 1. The monoisotopic (exact) mass is 334 g/mol. The second-order valence-electron chi connectivity index (χ2n) is 5.03. The van der Waals surface area contributed by atoms with Crippen LogP contribution in [0.25, 0.3) is 0 Å². The third-order valence-corrected chi connectivity index (χ3v) is 6.22. The van der Waals surface area contributed by atoms with Gasteiger partial charge in [-0.3, -0.25) is 9.59 Å². The first-order valence-electron chi connectivity index (χ1n) is 6.47. The van der Waals surface area contributed by atoms with E-state index in [1.54, 1.807) is 24.3 Å². The Balaban J connectivity index is 1.99. The number of ether oxygens (including phenoxy) is 1. The molecule has 0 radical (unpaired) electrons. The van der Waals surface area contributed by atoms with Crippen LogP contribution in [-0.2, 0) is 9.59 Å². The number of esters is 1. The second kappa shape index (κ2) is 4.72. The van der Waals surface area contributed by atoms with E-state index in [0.717, 1.165) is 28.7 Å². The van der Waals surface area contributed by atoms with Crippen molar-refractivity contribution < 1.29 is 19.4 Å². The van der Waals surface area contributed by atoms with Crippen molar-refractivity contribution in [3.63, 3.8) is 0 Å². The largest absolute Gasteiger partial charge is 0.549 e. The zero-order chi connectivity index (χ0) is 15.4. The summed E-state index contributed by atoms with van der Waals surface area (Å²) in [7, 11) is 0. The Kier molecular flexibility index (Phi) is 2.92. The van der Waals surface area contributed by atoms with Crippen LogP contribution in [-0.4, -0.2) is 22.2 Å². The quantitative estimate of drug-likeness (QED) is 0.596. The number of thiazole rings is 1. The number of nitrogens with one attached hydrogen (secondary N) is 1. The number of thioether (sulfide) groups is 1. The fourth-order valence-electron chi connectivity index (χ4n) is 2.95. The lowest BCUT2D eigenvalue weighted by molar-refractivity contribution is -0.306. The molecule has 3 unspecified atom stereocenters. The van der Waals surface area contributed by atoms with Crippen LogP contribution in [0.4, 0.5) is 0 Å². The van der Waals surface area contributed by atoms with Gasteiger partial charge in [-0.05, 0) is 6.07 Å². The molecule has 0 bridgehead atoms. The highest BCUT2D eigenvalue weighted by atomic mass is 32.2. The first-order chi connectivity index (χ1) is 10.6. The van der Waals surface area contributed by atoms with Gasteiger partial charge >= 0.3 is 10.8 Å². The summed E-state index contributed by atoms with van der Waals surface area (Å²) in [6.07, 6.45) is 0. The molecule has 2 aromatic rings. The first-order valence-corrected chi connectivity index (χ1v) is 8.17. The minimum atomic E-state index is -1.34. The third kappa shape index (κ3) is 1.84. The summed E-state index contributed by atoms with van der Waals surface area (Å²) in [5.41, 5.74) is 0.718. The maximum absolute atomic E-state index is 12.3. The van der Waals surface area contributed by atoms with E-state index in [-0.39, 0.29) is 4.87 Å². The van der Waals surface area contributed by atoms with E-state index in [9.17, 15) is 19.5 Å². The van der Waals surface area contributed by atoms with Gasteiger partial charge in [0.2, 0.25) is 0 Å². The number of carbonyl (C=O) groups excluding carboxylic acids is 2. The van der Waals surface area contributed by atoms with Crippen LogP contribution in [0, 0.1) is 5.92 Å². The number of hydrogen-bond acceptors (Lipinski definition) is 7. The summed E-state index contributed by atoms with van der Waals surface area (Å²) in [5, 5.41) is 10.9. The SMILES string of the molecule is O=C([O-])C1Sc2[nH]c(=O)sc2C2c3ccccc3OC(=O)C12. The van der Waals surface area contributed by atoms with Crippen LogP contribution < -0.4 is 14.7 Å². The molecule has 2 aliphatic rings. The summed E-state index contributed by atoms with van der Waals surface area (Å²) >= 11 is 1.94. The molecule has 112 valence electrons. The molecule has 0 spiro atoms. The molecule has 22 heavy (non-hydrogen) atoms. The highest BCUT2D eigenvalue weighted by Gasteiger charge is 2.49. The van der Waals surface area contributed by atoms with Crippen LogP contribution in [0.15, 0.2) is 34.1 Å². The Morgan fingerprint density at radius 3 is 2.82 bits per heavy atom. The Hall–Kier alpha value is -2.06. The van der Waals surface area contributed by atoms with Gasteiger partial charge < -0.3 is 19.6 Å². The number of carboxylic acid groups (broad SMARTS) is 1. The molecule has 6 nitrogen and oxygen atoms in total. The molecule has 0 saturated heterocycles. The van der Waals surface area contributed by atoms with Gasteiger partial charge in [-0.1, -0.05) is 41.3 Å². The van der Waals surface area contributed by atoms with Crippen LogP contribution in [0.1, 0.15) is 16.4 Å². The van der Waals surface area contributed by atoms with Crippen molar-refractivity contribution >= 4 is 35.0 Å². The molecular weight excluding hydrogens is 326 g/mol. The lowest BCUT2D eigenvalue weighted by Gasteiger charge is -2.39. The normalized spacial score (nSPS) is 25.6. The average molecular weight is 334 g/mol. The molecule has 0 amide bonds. The van der Waals surface area contributed by atoms with Gasteiger partial charge in [0.15, 0.2) is 0 Å². The van der Waals surface area contributed by atoms with Crippen molar-refractivity contribution in [1.29, 1.82) is 0 Å². The molecule has 0 saturated carbocycles. The fraction of sp³-hybridized carbons (Fsp3) is 0.214. The predicted molar refractivity (Wildman–Crippen MR) is 77.0 cm³/mol. The minimum absolute atomic E-state index is 0.272. The van der Waals surface area contributed by atoms with Crippen LogP contribution in [0.5, 0.6) is 5.75 Å². The number of carboxylic acids is 1. The van der Waals surface area contributed by atoms with E-state index >= 15 is 0 Å². The number of H-pyrrole nitrogens is 1. The number of para-hydroxylation sites is 1. The molecule has 0 aliphatic carbocycles. The zero-order valence-electron chi connectivity index (χ0n) is 10.9. The molecule has 3 atom stereocenters. The third-order valence-electron chi connectivity index (χ3n) is 3.82. The molecule has 8 heteroatoms. The first kappa shape index (κ1) is 13.6. The van der Waals surface area contributed by atoms with E-state index in [4.69, 9.17) is 4.74 Å². The van der Waals surface area contributed by atoms with Gasteiger partial charge in [0.25, 0.3) is 0 Å². The number of aromatic nitrogens is 1. The van der Waals surface area contributed by atoms with E-state index in [0.29, 0.717) is 15.7 Å². The molecule has 1 N–H and O–H groups in total. The molecular formula is C14H8NO5S2-. The number of fused-ring (bicyclic) bond motifs is 5. The zero-order valence-corrected chi connectivity index (χ0v) is 12.5. The second-order valence-corrected chi connectivity index (χ2v) is 7.19. The molecule has 3 heterocycles. The number of benzene rings is 1. The van der Waals surface area contributed by atoms with Crippen molar-refractivity contribution in [2.24, 2.45) is 5.92 Å². The van der Waals surface area contributed by atoms with Gasteiger partial charge in [0.1, 0.15) is 5.75 Å². The number of aliphatic carboxylic acids is 1. The van der Waals surface area contributed by atoms with Crippen molar-refractivity contribution in [3.8, 4) is 5.75 Å². The summed E-state index contributed by atoms with van der Waals surface area (Å²) in [6.45, 7) is 0. The van der Waals surface area contributed by atoms with E-state index in [1.807, 2.05) is 0 Å². The smallest absolute Gasteiger partial charge is 0.316 e. The standard InChI is InChI=1S/C14H9NO5S2/c16-12(17)10-8-7(9-11(21-10)15-14(19)22-9)5-3-1-2-4-6(5)20-13(8)18/h1-4,7-8,10H,(H,15,19)(H,16,17)/p-1. The molecule has 1 aromatic carbocycles. The maximum Gasteiger partial charge on any atom is 0.316 e. The summed E-state index contributed by atoms with van der Waals surface area (Å²) in [4.78, 5) is 38.5. The van der Waals surface area contributed by atoms with E-state index in [2.05, 4.69) is 4.98 Å². The molecule has 0 fully saturated rings. The van der Waals surface area contributed by atoms with Crippen molar-refractivity contribution in [3.05, 3.63) is 44.4 Å². The average Bonchev–Trinajstić information content (AvgIpc) is 2.86. The van der Waals surface area contributed by atoms with Crippen LogP contribution in [0.2, 0.25) is 0 Å². The maximum atomic E-state index is 12.3. The van der Waals surface area contributed by atoms with Gasteiger partial charge in [0, 0.05) is 16.4 Å². The van der Waals surface area contributed by atoms with Gasteiger partial charge in [-0.25, -0.2) is 0 Å². The highest BCUT2D eigenvalue weighted by Crippen LogP contribution is 2.53. The van der Waals surface area contributed by atoms with Crippen molar-refractivity contribution in [1.82, 2.24) is 4.98 Å². The number of hydrogen-bond donors (Lipinski definition) is 1. The highest BCUT2D eigenvalue weighted by molar-refractivity contribution is 8.00. The number of carbonyl (C=O) groups is 2. The lowest BCUT2D eigenvalue weighted by atomic mass is 9.80. The Morgan fingerprint density at radius 2 is 2.05 bits per heavy atom. The van der Waals surface area contributed by atoms with Crippen molar-refractivity contribution in [2.75, 3.05) is 0 Å². The fourth-order valence-corrected chi connectivity index (χ4v) is 5.34. The van der Waals surface area contributed by atoms with Crippen LogP contribution >= 0.6 is 23.1 Å². The lowest BCUT2D eigenvalue weighted by Crippen LogP contribution is -2.48. The van der Waals surface area contributed by atoms with Gasteiger partial charge in [-0.2, -0.15) is 0 Å². The summed E-state index contributed by atoms with van der Waals surface area (Å²) < 4.78 is 5.28. The Morgan fingerprint density at radius 1 is 1.27 bits per heavy atom. The van der Waals surface area contributed by atoms with E-state index < -0.39 is 29.0 Å². The van der Waals surface area contributed by atoms with E-state index in [1.165, 1.54) is 0 Å². The molecule has 1 aromatic heterocycles. The molecule has 2 aliphatic heterocycles. The Bertz CT molecular complexity index is 855. The predicted octanol–water partition coefficient (Wildman–Crippen LogP) is 0.328. The number of aromatic amines is 1.